The number of nitrogens with one attached hydrogen (secondary N) is 3. The van der Waals surface area contributed by atoms with Crippen molar-refractivity contribution >= 4 is 94.0 Å². The molecule has 9 nitrogen and oxygen atoms in total. The van der Waals surface area contributed by atoms with Crippen LogP contribution in [0.1, 0.15) is 97.7 Å². The van der Waals surface area contributed by atoms with Crippen LogP contribution in [0, 0.1) is 0 Å². The number of rotatable bonds is 12. The minimum Gasteiger partial charge on any atom is -0.469 e. The molecular weight excluding hydrogens is 786 g/mol. The quantitative estimate of drug-likeness (QED) is 0.147. The SMILES string of the molecule is CC(C)(C)S(=O)N[C@@](C)(CC1=CC(=O)CN1)c1cc(Br)cs1.COC(=O)CC(=O)C[C@](C)(NS(=O)C(C)(C)C)c1cc(Br)cs1.[2HH].[2H][2H].[2H][2H].[2H][2H].[2H][2H]. The predicted molar refractivity (Wildman–Crippen MR) is 203 cm³/mol. The molecule has 0 saturated heterocycles. The zero-order chi connectivity index (χ0) is 42.4. The molecule has 45 heavy (non-hydrogen) atoms. The summed E-state index contributed by atoms with van der Waals surface area (Å²) in [6, 6.07) is 3.93. The van der Waals surface area contributed by atoms with Crippen LogP contribution >= 0.6 is 54.5 Å². The first-order valence-electron chi connectivity index (χ1n) is 18.0. The van der Waals surface area contributed by atoms with Gasteiger partial charge in [-0.25, -0.2) is 17.9 Å². The summed E-state index contributed by atoms with van der Waals surface area (Å²) in [4.78, 5) is 36.9. The van der Waals surface area contributed by atoms with Crippen molar-refractivity contribution in [3.63, 3.8) is 0 Å². The van der Waals surface area contributed by atoms with E-state index in [4.69, 9.17) is 11.9 Å². The van der Waals surface area contributed by atoms with Gasteiger partial charge < -0.3 is 10.1 Å². The van der Waals surface area contributed by atoms with E-state index in [1.807, 2.05) is 78.3 Å². The van der Waals surface area contributed by atoms with E-state index in [-0.39, 0.29) is 30.6 Å². The van der Waals surface area contributed by atoms with E-state index in [1.54, 1.807) is 17.4 Å². The first-order chi connectivity index (χ1) is 24.6. The Hall–Kier alpha value is -1.07. The van der Waals surface area contributed by atoms with Gasteiger partial charge in [-0.2, -0.15) is 0 Å². The van der Waals surface area contributed by atoms with Crippen LogP contribution in [-0.4, -0.2) is 49.1 Å². The lowest BCUT2D eigenvalue weighted by Crippen LogP contribution is -2.47. The number of methoxy groups -OCH3 is 1. The molecule has 0 aromatic carbocycles. The molecule has 2 aromatic heterocycles. The lowest BCUT2D eigenvalue weighted by Gasteiger charge is -2.33. The van der Waals surface area contributed by atoms with Crippen molar-refractivity contribution in [1.29, 1.82) is 0 Å². The standard InChI is InChI=1S/C15H21BrN2O2S2.C15H22BrNO4S2.5H2/c1-14(2,3)22(20)18-15(4,13-5-10(16)9-21-13)7-11-6-12(19)8-17-11;1-14(2,3)23(20)17-15(4,12-6-10(16)9-22-12)8-11(18)7-13(19)21-5;;;;;/h5-6,9,17-18H,7-8H2,1-4H3;6,9,17H,7-8H2,1-5H3;5*1H/t15-,22?;15-,23?;;;;;/m00...../s1/i;;4*1+1D;1+1. The summed E-state index contributed by atoms with van der Waals surface area (Å²) >= 11 is 9.94. The van der Waals surface area contributed by atoms with Gasteiger partial charge in [-0.1, -0.05) is 0 Å². The number of esters is 1. The second kappa shape index (κ2) is 16.4. The van der Waals surface area contributed by atoms with Crippen LogP contribution in [0.2, 0.25) is 0 Å². The molecule has 0 saturated carbocycles. The molecule has 1 aliphatic heterocycles. The fraction of sp³-hybridized carbons (Fsp3) is 0.567. The van der Waals surface area contributed by atoms with Crippen LogP contribution in [0.3, 0.4) is 0 Å². The lowest BCUT2D eigenvalue weighted by molar-refractivity contribution is -0.143. The first-order valence-corrected chi connectivity index (χ1v) is 19.7. The van der Waals surface area contributed by atoms with Gasteiger partial charge in [0.15, 0.2) is 5.78 Å². The van der Waals surface area contributed by atoms with Gasteiger partial charge in [0, 0.05) is 67.4 Å². The van der Waals surface area contributed by atoms with Gasteiger partial charge in [0.05, 0.1) is 56.2 Å². The van der Waals surface area contributed by atoms with E-state index >= 15 is 0 Å². The third-order valence-corrected chi connectivity index (χ3v) is 13.9. The second-order valence-corrected chi connectivity index (χ2v) is 20.6. The summed E-state index contributed by atoms with van der Waals surface area (Å²) in [6.07, 6.45) is 2.00. The van der Waals surface area contributed by atoms with Gasteiger partial charge in [-0.05, 0) is 99.4 Å². The Kier molecular flexibility index (Phi) is 12.3. The second-order valence-electron chi connectivity index (χ2n) is 13.0. The van der Waals surface area contributed by atoms with Crippen LogP contribution < -0.4 is 14.8 Å². The van der Waals surface area contributed by atoms with E-state index in [0.717, 1.165) is 24.4 Å². The summed E-state index contributed by atoms with van der Waals surface area (Å²) in [6.45, 7) is 15.6. The molecule has 2 aromatic rings. The highest BCUT2D eigenvalue weighted by Crippen LogP contribution is 2.36. The van der Waals surface area contributed by atoms with Crippen LogP contribution in [-0.2, 0) is 52.2 Å². The molecule has 0 spiro atoms. The number of carbonyl (C=O) groups is 3. The van der Waals surface area contributed by atoms with Crippen molar-refractivity contribution in [3.05, 3.63) is 53.4 Å². The molecule has 3 rings (SSSR count). The zero-order valence-electron chi connectivity index (χ0n) is 35.1. The number of thiophene rings is 2. The number of halogens is 2. The Morgan fingerprint density at radius 1 is 0.933 bits per heavy atom. The van der Waals surface area contributed by atoms with Crippen molar-refractivity contribution < 1.29 is 40.8 Å². The Morgan fingerprint density at radius 2 is 1.40 bits per heavy atom. The average molecular weight is 849 g/mol. The van der Waals surface area contributed by atoms with Crippen LogP contribution in [0.5, 0.6) is 0 Å². The van der Waals surface area contributed by atoms with E-state index in [2.05, 4.69) is 51.4 Å². The highest BCUT2D eigenvalue weighted by Gasteiger charge is 2.37. The van der Waals surface area contributed by atoms with Crippen LogP contribution in [0.25, 0.3) is 0 Å². The molecule has 0 fully saturated rings. The number of carbonyl (C=O) groups excluding carboxylic acids is 3. The number of ether oxygens (including phenoxy) is 1. The highest BCUT2D eigenvalue weighted by molar-refractivity contribution is 9.10. The molecular formula is C30H53Br2N3O6S4. The summed E-state index contributed by atoms with van der Waals surface area (Å²) in [5.41, 5.74) is -0.437. The molecule has 0 aliphatic carbocycles. The van der Waals surface area contributed by atoms with Crippen LogP contribution in [0.15, 0.2) is 43.6 Å². The van der Waals surface area contributed by atoms with Gasteiger partial charge >= 0.3 is 5.97 Å². The molecule has 4 atom stereocenters. The fourth-order valence-electron chi connectivity index (χ4n) is 3.95. The minimum atomic E-state index is -1.36. The van der Waals surface area contributed by atoms with Gasteiger partial charge in [0.1, 0.15) is 12.2 Å². The van der Waals surface area contributed by atoms with Gasteiger partial charge in [-0.3, -0.25) is 14.4 Å². The maximum atomic E-state index is 12.6. The molecule has 1 aliphatic rings. The molecule has 262 valence electrons. The molecule has 0 bridgehead atoms. The summed E-state index contributed by atoms with van der Waals surface area (Å²) in [5.74, 6) is -0.745. The monoisotopic (exact) mass is 846 g/mol. The van der Waals surface area contributed by atoms with E-state index < -0.39 is 43.8 Å². The van der Waals surface area contributed by atoms with Crippen molar-refractivity contribution in [3.8, 4) is 0 Å². The molecule has 2 unspecified atom stereocenters. The first kappa shape index (κ1) is 33.8. The maximum Gasteiger partial charge on any atom is 0.313 e. The smallest absolute Gasteiger partial charge is 0.313 e. The Balaban J connectivity index is -0.000000384. The third-order valence-electron chi connectivity index (χ3n) is 6.46. The number of hydrogen-bond acceptors (Lipinski definition) is 9. The molecule has 0 amide bonds. The largest absolute Gasteiger partial charge is 0.469 e. The third kappa shape index (κ3) is 12.5. The van der Waals surface area contributed by atoms with Crippen molar-refractivity contribution in [2.24, 2.45) is 0 Å². The number of hydrogen-bond donors (Lipinski definition) is 3. The van der Waals surface area contributed by atoms with Crippen molar-refractivity contribution in [1.82, 2.24) is 14.8 Å². The normalized spacial score (nSPS) is 18.3. The Morgan fingerprint density at radius 3 is 1.78 bits per heavy atom. The Labute approximate surface area is 310 Å². The van der Waals surface area contributed by atoms with Crippen molar-refractivity contribution in [2.45, 2.75) is 95.2 Å². The summed E-state index contributed by atoms with van der Waals surface area (Å²) < 4.78 is 77.1. The van der Waals surface area contributed by atoms with E-state index in [0.29, 0.717) is 13.0 Å². The molecule has 15 heteroatoms. The Bertz CT molecular complexity index is 1490. The minimum absolute atomic E-state index is 0. The predicted octanol–water partition coefficient (Wildman–Crippen LogP) is 7.75. The summed E-state index contributed by atoms with van der Waals surface area (Å²) in [7, 11) is -1.31. The van der Waals surface area contributed by atoms with Crippen molar-refractivity contribution in [2.75, 3.05) is 13.7 Å². The lowest BCUT2D eigenvalue weighted by atomic mass is 9.93. The summed E-state index contributed by atoms with van der Waals surface area (Å²) in [5, 5.41) is 7.03. The topological polar surface area (TPSA) is 131 Å². The zero-order valence-corrected chi connectivity index (χ0v) is 33.5. The molecule has 3 heterocycles. The molecule has 3 N–H and O–H groups in total. The van der Waals surface area contributed by atoms with E-state index in [9.17, 15) is 22.8 Å². The average Bonchev–Trinajstić information content (AvgIpc) is 3.85. The molecule has 0 radical (unpaired) electrons. The van der Waals surface area contributed by atoms with Crippen LogP contribution in [0.4, 0.5) is 0 Å². The number of Topliss-reactive ketones (excluding diaryl/α,β-unsaturated/α-hetero) is 1. The van der Waals surface area contributed by atoms with Gasteiger partial charge in [-0.15, -0.1) is 22.7 Å². The van der Waals surface area contributed by atoms with E-state index in [1.165, 1.54) is 18.4 Å². The number of ketones is 2. The van der Waals surface area contributed by atoms with Gasteiger partial charge in [0.2, 0.25) is 0 Å². The highest BCUT2D eigenvalue weighted by atomic mass is 79.9. The maximum absolute atomic E-state index is 12.6. The fourth-order valence-corrected chi connectivity index (χ4v) is 8.97. The van der Waals surface area contributed by atoms with Gasteiger partial charge in [0.25, 0.3) is 0 Å².